The largest absolute Gasteiger partial charge is 0.454 e. The molecule has 2 amide bonds. The lowest BCUT2D eigenvalue weighted by atomic mass is 9.86. The molecule has 0 radical (unpaired) electrons. The standard InChI is InChI=1S/C20H28N2O4/c1-20(2,3)15-9-6-7-10-16(15)21-17(23)14-26-19(25)13-22-12-8-4-5-11-18(22)24/h6-7,9-10H,4-5,8,11-14H2,1-3H3,(H,21,23). The molecule has 6 nitrogen and oxygen atoms in total. The molecule has 1 saturated heterocycles. The third-order valence-corrected chi connectivity index (χ3v) is 4.36. The highest BCUT2D eigenvalue weighted by Crippen LogP contribution is 2.29. The van der Waals surface area contributed by atoms with Crippen molar-refractivity contribution in [3.8, 4) is 0 Å². The Morgan fingerprint density at radius 3 is 2.62 bits per heavy atom. The molecule has 1 heterocycles. The van der Waals surface area contributed by atoms with Crippen LogP contribution >= 0.6 is 0 Å². The summed E-state index contributed by atoms with van der Waals surface area (Å²) < 4.78 is 5.05. The van der Waals surface area contributed by atoms with Crippen LogP contribution in [0.4, 0.5) is 5.69 Å². The number of benzene rings is 1. The smallest absolute Gasteiger partial charge is 0.326 e. The average molecular weight is 360 g/mol. The van der Waals surface area contributed by atoms with E-state index in [4.69, 9.17) is 4.74 Å². The molecule has 1 aromatic carbocycles. The summed E-state index contributed by atoms with van der Waals surface area (Å²) in [5, 5.41) is 2.80. The first-order valence-corrected chi connectivity index (χ1v) is 9.10. The lowest BCUT2D eigenvalue weighted by molar-refractivity contribution is -0.151. The molecule has 1 fully saturated rings. The SMILES string of the molecule is CC(C)(C)c1ccccc1NC(=O)COC(=O)CN1CCCCCC1=O. The fourth-order valence-electron chi connectivity index (χ4n) is 2.99. The number of esters is 1. The molecule has 0 bridgehead atoms. The van der Waals surface area contributed by atoms with Gasteiger partial charge in [-0.2, -0.15) is 0 Å². The van der Waals surface area contributed by atoms with Crippen LogP contribution in [0.5, 0.6) is 0 Å². The van der Waals surface area contributed by atoms with Gasteiger partial charge in [-0.1, -0.05) is 45.4 Å². The topological polar surface area (TPSA) is 75.7 Å². The quantitative estimate of drug-likeness (QED) is 0.819. The number of carbonyl (C=O) groups excluding carboxylic acids is 3. The molecule has 0 atom stereocenters. The molecule has 0 spiro atoms. The van der Waals surface area contributed by atoms with E-state index in [1.807, 2.05) is 24.3 Å². The van der Waals surface area contributed by atoms with Gasteiger partial charge in [-0.05, 0) is 29.9 Å². The van der Waals surface area contributed by atoms with Gasteiger partial charge in [-0.3, -0.25) is 14.4 Å². The minimum Gasteiger partial charge on any atom is -0.454 e. The van der Waals surface area contributed by atoms with Gasteiger partial charge in [-0.25, -0.2) is 0 Å². The molecule has 142 valence electrons. The van der Waals surface area contributed by atoms with Gasteiger partial charge in [0.15, 0.2) is 6.61 Å². The summed E-state index contributed by atoms with van der Waals surface area (Å²) in [7, 11) is 0. The molecule has 1 N–H and O–H groups in total. The lowest BCUT2D eigenvalue weighted by Crippen LogP contribution is -2.36. The molecule has 26 heavy (non-hydrogen) atoms. The van der Waals surface area contributed by atoms with Gasteiger partial charge in [0, 0.05) is 18.7 Å². The minimum absolute atomic E-state index is 0.0250. The zero-order valence-corrected chi connectivity index (χ0v) is 15.8. The van der Waals surface area contributed by atoms with E-state index in [-0.39, 0.29) is 24.5 Å². The number of ether oxygens (including phenoxy) is 1. The van der Waals surface area contributed by atoms with E-state index in [0.29, 0.717) is 18.7 Å². The maximum absolute atomic E-state index is 12.1. The first-order chi connectivity index (χ1) is 12.3. The van der Waals surface area contributed by atoms with Crippen LogP contribution in [0.1, 0.15) is 52.0 Å². The Balaban J connectivity index is 1.85. The van der Waals surface area contributed by atoms with Crippen molar-refractivity contribution in [1.82, 2.24) is 4.90 Å². The van der Waals surface area contributed by atoms with Crippen molar-refractivity contribution in [1.29, 1.82) is 0 Å². The molecular formula is C20H28N2O4. The highest BCUT2D eigenvalue weighted by molar-refractivity contribution is 5.94. The Morgan fingerprint density at radius 1 is 1.15 bits per heavy atom. The molecule has 0 aromatic heterocycles. The van der Waals surface area contributed by atoms with Crippen LogP contribution in [0, 0.1) is 0 Å². The number of amides is 2. The van der Waals surface area contributed by atoms with Crippen LogP contribution in [0.25, 0.3) is 0 Å². The normalized spacial score (nSPS) is 15.3. The van der Waals surface area contributed by atoms with Gasteiger partial charge in [0.25, 0.3) is 5.91 Å². The predicted molar refractivity (Wildman–Crippen MR) is 99.8 cm³/mol. The van der Waals surface area contributed by atoms with E-state index in [9.17, 15) is 14.4 Å². The van der Waals surface area contributed by atoms with Crippen molar-refractivity contribution in [3.63, 3.8) is 0 Å². The summed E-state index contributed by atoms with van der Waals surface area (Å²) in [5.74, 6) is -0.972. The van der Waals surface area contributed by atoms with E-state index in [0.717, 1.165) is 24.8 Å². The second-order valence-electron chi connectivity index (χ2n) is 7.63. The van der Waals surface area contributed by atoms with Crippen LogP contribution in [0.2, 0.25) is 0 Å². The van der Waals surface area contributed by atoms with Gasteiger partial charge in [-0.15, -0.1) is 0 Å². The monoisotopic (exact) mass is 360 g/mol. The molecule has 1 aliphatic heterocycles. The van der Waals surface area contributed by atoms with Crippen molar-refractivity contribution in [2.75, 3.05) is 25.0 Å². The fourth-order valence-corrected chi connectivity index (χ4v) is 2.99. The zero-order chi connectivity index (χ0) is 19.2. The fraction of sp³-hybridized carbons (Fsp3) is 0.550. The maximum Gasteiger partial charge on any atom is 0.326 e. The first-order valence-electron chi connectivity index (χ1n) is 9.10. The summed E-state index contributed by atoms with van der Waals surface area (Å²) in [6.45, 7) is 6.31. The number of anilines is 1. The Morgan fingerprint density at radius 2 is 1.88 bits per heavy atom. The third-order valence-electron chi connectivity index (χ3n) is 4.36. The maximum atomic E-state index is 12.1. The number of rotatable bonds is 5. The molecule has 2 rings (SSSR count). The van der Waals surface area contributed by atoms with Crippen molar-refractivity contribution in [2.45, 2.75) is 51.9 Å². The molecule has 0 unspecified atom stereocenters. The highest BCUT2D eigenvalue weighted by atomic mass is 16.5. The van der Waals surface area contributed by atoms with Gasteiger partial charge < -0.3 is 15.0 Å². The Kier molecular flexibility index (Phi) is 6.77. The molecule has 0 aliphatic carbocycles. The number of likely N-dealkylation sites (tertiary alicyclic amines) is 1. The Labute approximate surface area is 154 Å². The van der Waals surface area contributed by atoms with E-state index in [1.54, 1.807) is 0 Å². The van der Waals surface area contributed by atoms with Crippen LogP contribution < -0.4 is 5.32 Å². The van der Waals surface area contributed by atoms with Crippen LogP contribution in [0.3, 0.4) is 0 Å². The van der Waals surface area contributed by atoms with E-state index < -0.39 is 11.9 Å². The molecule has 6 heteroatoms. The van der Waals surface area contributed by atoms with Crippen LogP contribution in [-0.4, -0.2) is 42.4 Å². The summed E-state index contributed by atoms with van der Waals surface area (Å²) in [6.07, 6.45) is 3.22. The predicted octanol–water partition coefficient (Wildman–Crippen LogP) is 2.87. The summed E-state index contributed by atoms with van der Waals surface area (Å²) >= 11 is 0. The first kappa shape index (κ1) is 19.9. The number of hydrogen-bond donors (Lipinski definition) is 1. The van der Waals surface area contributed by atoms with Gasteiger partial charge in [0.2, 0.25) is 5.91 Å². The summed E-state index contributed by atoms with van der Waals surface area (Å²) in [5.41, 5.74) is 1.60. The highest BCUT2D eigenvalue weighted by Gasteiger charge is 2.21. The number of nitrogens with one attached hydrogen (secondary N) is 1. The summed E-state index contributed by atoms with van der Waals surface area (Å²) in [6, 6.07) is 7.57. The van der Waals surface area contributed by atoms with Gasteiger partial charge >= 0.3 is 5.97 Å². The third kappa shape index (κ3) is 5.86. The van der Waals surface area contributed by atoms with Crippen molar-refractivity contribution in [2.24, 2.45) is 0 Å². The molecule has 1 aliphatic rings. The molecular weight excluding hydrogens is 332 g/mol. The lowest BCUT2D eigenvalue weighted by Gasteiger charge is -2.23. The van der Waals surface area contributed by atoms with E-state index >= 15 is 0 Å². The second-order valence-corrected chi connectivity index (χ2v) is 7.63. The average Bonchev–Trinajstić information content (AvgIpc) is 2.77. The number of hydrogen-bond acceptors (Lipinski definition) is 4. The van der Waals surface area contributed by atoms with Crippen molar-refractivity contribution < 1.29 is 19.1 Å². The van der Waals surface area contributed by atoms with Crippen LogP contribution in [-0.2, 0) is 24.5 Å². The van der Waals surface area contributed by atoms with Crippen LogP contribution in [0.15, 0.2) is 24.3 Å². The number of nitrogens with zero attached hydrogens (tertiary/aromatic N) is 1. The van der Waals surface area contributed by atoms with E-state index in [2.05, 4.69) is 26.1 Å². The second kappa shape index (κ2) is 8.83. The molecule has 0 saturated carbocycles. The summed E-state index contributed by atoms with van der Waals surface area (Å²) in [4.78, 5) is 37.5. The zero-order valence-electron chi connectivity index (χ0n) is 15.8. The number of carbonyl (C=O) groups is 3. The van der Waals surface area contributed by atoms with Gasteiger partial charge in [0.05, 0.1) is 0 Å². The van der Waals surface area contributed by atoms with Gasteiger partial charge in [0.1, 0.15) is 6.54 Å². The van der Waals surface area contributed by atoms with E-state index in [1.165, 1.54) is 4.90 Å². The molecule has 1 aromatic rings. The number of para-hydroxylation sites is 1. The minimum atomic E-state index is -0.556. The Bertz CT molecular complexity index is 664. The Hall–Kier alpha value is -2.37. The van der Waals surface area contributed by atoms with Crippen molar-refractivity contribution >= 4 is 23.5 Å². The van der Waals surface area contributed by atoms with Crippen molar-refractivity contribution in [3.05, 3.63) is 29.8 Å².